The van der Waals surface area contributed by atoms with E-state index in [1.54, 1.807) is 19.1 Å². The maximum Gasteiger partial charge on any atom is 0.309 e. The SMILES string of the molecule is CCOC(=O)[C@H]1C[C@@H]1c1ccc(-c2cc3cc(C(=O)N4CCc5ccccc5[C@H]4C)cc(CC)n3c2)c(F)c1. The number of hydrogen-bond donors (Lipinski definition) is 0. The first-order valence-corrected chi connectivity index (χ1v) is 13.9. The minimum atomic E-state index is -0.312. The van der Waals surface area contributed by atoms with Crippen LogP contribution in [0.4, 0.5) is 4.39 Å². The summed E-state index contributed by atoms with van der Waals surface area (Å²) in [6.45, 7) is 6.99. The van der Waals surface area contributed by atoms with Gasteiger partial charge in [-0.15, -0.1) is 0 Å². The number of carbonyl (C=O) groups excluding carboxylic acids is 2. The molecule has 3 heterocycles. The van der Waals surface area contributed by atoms with Gasteiger partial charge in [-0.3, -0.25) is 9.59 Å². The lowest BCUT2D eigenvalue weighted by Crippen LogP contribution is -2.38. The van der Waals surface area contributed by atoms with E-state index in [9.17, 15) is 9.59 Å². The first kappa shape index (κ1) is 25.4. The third kappa shape index (κ3) is 4.52. The van der Waals surface area contributed by atoms with Gasteiger partial charge in [0.05, 0.1) is 18.6 Å². The van der Waals surface area contributed by atoms with Gasteiger partial charge in [0.15, 0.2) is 0 Å². The van der Waals surface area contributed by atoms with Crippen molar-refractivity contribution in [3.05, 3.63) is 101 Å². The highest BCUT2D eigenvalue weighted by molar-refractivity contribution is 5.96. The van der Waals surface area contributed by atoms with Gasteiger partial charge < -0.3 is 14.0 Å². The third-order valence-corrected chi connectivity index (χ3v) is 8.36. The minimum Gasteiger partial charge on any atom is -0.466 e. The molecule has 6 heteroatoms. The predicted octanol–water partition coefficient (Wildman–Crippen LogP) is 6.73. The number of pyridine rings is 1. The number of rotatable bonds is 6. The second-order valence-electron chi connectivity index (χ2n) is 10.7. The molecule has 0 unspecified atom stereocenters. The summed E-state index contributed by atoms with van der Waals surface area (Å²) in [4.78, 5) is 27.7. The minimum absolute atomic E-state index is 0.00797. The molecular formula is C33H33FN2O3. The number of benzene rings is 2. The fourth-order valence-corrected chi connectivity index (χ4v) is 6.12. The van der Waals surface area contributed by atoms with Gasteiger partial charge in [-0.05, 0) is 80.0 Å². The summed E-state index contributed by atoms with van der Waals surface area (Å²) in [5.74, 6) is -0.649. The highest BCUT2D eigenvalue weighted by atomic mass is 19.1. The smallest absolute Gasteiger partial charge is 0.309 e. The normalized spacial score (nSPS) is 20.1. The van der Waals surface area contributed by atoms with Crippen LogP contribution in [0.2, 0.25) is 0 Å². The second kappa shape index (κ2) is 9.99. The molecule has 0 N–H and O–H groups in total. The van der Waals surface area contributed by atoms with Gasteiger partial charge in [0, 0.05) is 40.6 Å². The Labute approximate surface area is 228 Å². The van der Waals surface area contributed by atoms with Crippen LogP contribution in [-0.4, -0.2) is 34.3 Å². The van der Waals surface area contributed by atoms with Gasteiger partial charge in [-0.1, -0.05) is 43.3 Å². The molecule has 1 fully saturated rings. The number of nitrogens with zero attached hydrogens (tertiary/aromatic N) is 2. The summed E-state index contributed by atoms with van der Waals surface area (Å²) in [7, 11) is 0. The van der Waals surface area contributed by atoms with E-state index < -0.39 is 0 Å². The maximum atomic E-state index is 15.3. The Morgan fingerprint density at radius 3 is 2.64 bits per heavy atom. The molecule has 2 aliphatic rings. The van der Waals surface area contributed by atoms with Crippen molar-refractivity contribution < 1.29 is 18.7 Å². The van der Waals surface area contributed by atoms with E-state index in [0.717, 1.165) is 35.2 Å². The van der Waals surface area contributed by atoms with E-state index in [1.165, 1.54) is 11.1 Å². The zero-order valence-corrected chi connectivity index (χ0v) is 22.6. The van der Waals surface area contributed by atoms with Crippen molar-refractivity contribution in [1.82, 2.24) is 9.30 Å². The second-order valence-corrected chi connectivity index (χ2v) is 10.7. The van der Waals surface area contributed by atoms with Crippen molar-refractivity contribution in [3.63, 3.8) is 0 Å². The molecule has 1 aliphatic carbocycles. The summed E-state index contributed by atoms with van der Waals surface area (Å²) >= 11 is 0. The first-order valence-electron chi connectivity index (χ1n) is 13.9. The van der Waals surface area contributed by atoms with Crippen molar-refractivity contribution in [3.8, 4) is 11.1 Å². The lowest BCUT2D eigenvalue weighted by molar-refractivity contribution is -0.144. The van der Waals surface area contributed by atoms with Crippen molar-refractivity contribution in [2.75, 3.05) is 13.2 Å². The Morgan fingerprint density at radius 1 is 1.05 bits per heavy atom. The fraction of sp³-hybridized carbons (Fsp3) is 0.333. The Morgan fingerprint density at radius 2 is 1.87 bits per heavy atom. The molecule has 1 saturated carbocycles. The Hall–Kier alpha value is -3.93. The molecule has 0 saturated heterocycles. The van der Waals surface area contributed by atoms with E-state index in [-0.39, 0.29) is 35.6 Å². The van der Waals surface area contributed by atoms with Crippen molar-refractivity contribution in [2.45, 2.75) is 52.0 Å². The lowest BCUT2D eigenvalue weighted by atomic mass is 9.93. The van der Waals surface area contributed by atoms with E-state index in [0.29, 0.717) is 30.7 Å². The average Bonchev–Trinajstić information content (AvgIpc) is 3.64. The van der Waals surface area contributed by atoms with Crippen LogP contribution in [0.1, 0.15) is 71.9 Å². The Bertz CT molecular complexity index is 1590. The van der Waals surface area contributed by atoms with Crippen molar-refractivity contribution in [1.29, 1.82) is 0 Å². The van der Waals surface area contributed by atoms with Crippen LogP contribution in [-0.2, 0) is 22.4 Å². The largest absolute Gasteiger partial charge is 0.466 e. The number of carbonyl (C=O) groups is 2. The number of fused-ring (bicyclic) bond motifs is 2. The van der Waals surface area contributed by atoms with Crippen LogP contribution in [0.15, 0.2) is 66.9 Å². The number of aromatic nitrogens is 1. The average molecular weight is 525 g/mol. The molecule has 1 amide bonds. The Balaban J connectivity index is 1.29. The molecule has 4 aromatic rings. The molecule has 0 radical (unpaired) electrons. The van der Waals surface area contributed by atoms with Gasteiger partial charge in [0.2, 0.25) is 0 Å². The zero-order chi connectivity index (χ0) is 27.3. The summed E-state index contributed by atoms with van der Waals surface area (Å²) in [6, 6.07) is 19.4. The predicted molar refractivity (Wildman–Crippen MR) is 149 cm³/mol. The zero-order valence-electron chi connectivity index (χ0n) is 22.6. The maximum absolute atomic E-state index is 15.3. The molecule has 6 rings (SSSR count). The third-order valence-electron chi connectivity index (χ3n) is 8.36. The van der Waals surface area contributed by atoms with E-state index in [4.69, 9.17) is 4.74 Å². The van der Waals surface area contributed by atoms with E-state index >= 15 is 4.39 Å². The van der Waals surface area contributed by atoms with Crippen LogP contribution in [0.3, 0.4) is 0 Å². The quantitative estimate of drug-likeness (QED) is 0.263. The standard InChI is InChI=1S/C33H33FN2O3/c1-4-25-14-23(32(37)35-13-12-21-8-6-7-9-27(21)20(35)3)15-26-16-24(19-36(25)26)28-11-10-22(17-31(28)34)29-18-30(29)33(38)39-5-2/h6-11,14-17,19-20,29-30H,4-5,12-13,18H2,1-3H3/t20-,29-,30+/m1/s1. The van der Waals surface area contributed by atoms with E-state index in [1.807, 2.05) is 45.8 Å². The molecule has 3 atom stereocenters. The van der Waals surface area contributed by atoms with Gasteiger partial charge in [0.25, 0.3) is 5.91 Å². The van der Waals surface area contributed by atoms with Crippen molar-refractivity contribution in [2.24, 2.45) is 5.92 Å². The molecular weight excluding hydrogens is 491 g/mol. The molecule has 0 bridgehead atoms. The number of hydrogen-bond acceptors (Lipinski definition) is 3. The van der Waals surface area contributed by atoms with Crippen LogP contribution in [0.5, 0.6) is 0 Å². The number of esters is 1. The van der Waals surface area contributed by atoms with Crippen LogP contribution in [0, 0.1) is 11.7 Å². The molecule has 5 nitrogen and oxygen atoms in total. The van der Waals surface area contributed by atoms with Crippen LogP contribution in [0.25, 0.3) is 16.6 Å². The number of ether oxygens (including phenoxy) is 1. The first-order chi connectivity index (χ1) is 18.9. The highest BCUT2D eigenvalue weighted by Gasteiger charge is 2.45. The topological polar surface area (TPSA) is 51.0 Å². The van der Waals surface area contributed by atoms with Gasteiger partial charge >= 0.3 is 5.97 Å². The molecule has 39 heavy (non-hydrogen) atoms. The molecule has 2 aromatic heterocycles. The fourth-order valence-electron chi connectivity index (χ4n) is 6.12. The van der Waals surface area contributed by atoms with Gasteiger partial charge in [-0.25, -0.2) is 4.39 Å². The summed E-state index contributed by atoms with van der Waals surface area (Å²) in [5.41, 5.74) is 7.13. The highest BCUT2D eigenvalue weighted by Crippen LogP contribution is 2.48. The number of amides is 1. The van der Waals surface area contributed by atoms with Gasteiger partial charge in [0.1, 0.15) is 5.82 Å². The van der Waals surface area contributed by atoms with Crippen LogP contribution >= 0.6 is 0 Å². The summed E-state index contributed by atoms with van der Waals surface area (Å²) < 4.78 is 22.5. The number of aryl methyl sites for hydroxylation is 1. The summed E-state index contributed by atoms with van der Waals surface area (Å²) in [5, 5.41) is 0. The Kier molecular flexibility index (Phi) is 6.49. The molecule has 2 aromatic carbocycles. The monoisotopic (exact) mass is 524 g/mol. The summed E-state index contributed by atoms with van der Waals surface area (Å²) in [6.07, 6.45) is 4.23. The molecule has 0 spiro atoms. The molecule has 200 valence electrons. The number of halogens is 1. The van der Waals surface area contributed by atoms with Crippen molar-refractivity contribution >= 4 is 17.4 Å². The molecule has 1 aliphatic heterocycles. The van der Waals surface area contributed by atoms with Gasteiger partial charge in [-0.2, -0.15) is 0 Å². The lowest BCUT2D eigenvalue weighted by Gasteiger charge is -2.35. The van der Waals surface area contributed by atoms with E-state index in [2.05, 4.69) is 32.0 Å². The van der Waals surface area contributed by atoms with Crippen LogP contribution < -0.4 is 0 Å².